The van der Waals surface area contributed by atoms with Crippen molar-refractivity contribution in [2.75, 3.05) is 0 Å². The summed E-state index contributed by atoms with van der Waals surface area (Å²) in [5.41, 5.74) is 6.35. The molecule has 0 saturated heterocycles. The first-order valence-corrected chi connectivity index (χ1v) is 5.48. The third-order valence-corrected chi connectivity index (χ3v) is 3.96. The zero-order valence-corrected chi connectivity index (χ0v) is 9.76. The minimum absolute atomic E-state index is 0.562. The van der Waals surface area contributed by atoms with Crippen molar-refractivity contribution in [3.8, 4) is 0 Å². The van der Waals surface area contributed by atoms with Gasteiger partial charge in [0.25, 0.3) is 0 Å². The lowest BCUT2D eigenvalue weighted by molar-refractivity contribution is -0.138. The summed E-state index contributed by atoms with van der Waals surface area (Å²) in [6.07, 6.45) is -5.18. The third kappa shape index (κ3) is 3.25. The molecule has 14 heavy (non-hydrogen) atoms. The molecule has 1 atom stereocenters. The molecule has 0 saturated carbocycles. The van der Waals surface area contributed by atoms with Gasteiger partial charge in [-0.15, -0.1) is 11.3 Å². The monoisotopic (exact) mass is 287 g/mol. The number of thiophene rings is 1. The molecular weight excluding hydrogens is 279 g/mol. The Morgan fingerprint density at radius 1 is 1.57 bits per heavy atom. The van der Waals surface area contributed by atoms with Crippen LogP contribution in [0.15, 0.2) is 9.85 Å². The van der Waals surface area contributed by atoms with E-state index in [-0.39, 0.29) is 0 Å². The maximum Gasteiger partial charge on any atom is 0.390 e. The SMILES string of the molecule is Cc1cc([C@H](N)CC(F)(F)F)sc1Br. The van der Waals surface area contributed by atoms with Crippen LogP contribution in [0.5, 0.6) is 0 Å². The lowest BCUT2D eigenvalue weighted by atomic mass is 10.1. The maximum atomic E-state index is 12.0. The van der Waals surface area contributed by atoms with Gasteiger partial charge in [-0.05, 0) is 34.5 Å². The molecule has 1 aromatic rings. The van der Waals surface area contributed by atoms with Crippen LogP contribution in [0.1, 0.15) is 22.9 Å². The maximum absolute atomic E-state index is 12.0. The predicted octanol–water partition coefficient (Wildman–Crippen LogP) is 3.77. The molecule has 1 heterocycles. The normalized spacial score (nSPS) is 14.4. The van der Waals surface area contributed by atoms with Gasteiger partial charge in [-0.3, -0.25) is 0 Å². The van der Waals surface area contributed by atoms with E-state index in [1.165, 1.54) is 11.3 Å². The Bertz CT molecular complexity index is 301. The van der Waals surface area contributed by atoms with Gasteiger partial charge in [-0.25, -0.2) is 0 Å². The smallest absolute Gasteiger partial charge is 0.323 e. The van der Waals surface area contributed by atoms with Crippen LogP contribution in [-0.2, 0) is 0 Å². The molecule has 0 aliphatic rings. The molecular formula is C8H9BrF3NS. The topological polar surface area (TPSA) is 26.0 Å². The van der Waals surface area contributed by atoms with E-state index in [1.54, 1.807) is 6.07 Å². The van der Waals surface area contributed by atoms with Crippen LogP contribution >= 0.6 is 27.3 Å². The fourth-order valence-electron chi connectivity index (χ4n) is 1.02. The van der Waals surface area contributed by atoms with Crippen molar-refractivity contribution >= 4 is 27.3 Å². The summed E-state index contributed by atoms with van der Waals surface area (Å²) in [4.78, 5) is 0.562. The second-order valence-electron chi connectivity index (χ2n) is 3.03. The lowest BCUT2D eigenvalue weighted by Gasteiger charge is -2.11. The van der Waals surface area contributed by atoms with Crippen molar-refractivity contribution in [2.24, 2.45) is 5.73 Å². The van der Waals surface area contributed by atoms with E-state index in [0.29, 0.717) is 4.88 Å². The lowest BCUT2D eigenvalue weighted by Crippen LogP contribution is -2.19. The zero-order chi connectivity index (χ0) is 10.9. The molecule has 0 spiro atoms. The van der Waals surface area contributed by atoms with Crippen molar-refractivity contribution in [3.63, 3.8) is 0 Å². The Hall–Kier alpha value is -0.0700. The van der Waals surface area contributed by atoms with E-state index in [9.17, 15) is 13.2 Å². The predicted molar refractivity (Wildman–Crippen MR) is 54.4 cm³/mol. The van der Waals surface area contributed by atoms with Crippen molar-refractivity contribution in [1.82, 2.24) is 0 Å². The Morgan fingerprint density at radius 3 is 2.50 bits per heavy atom. The van der Waals surface area contributed by atoms with E-state index in [1.807, 2.05) is 6.92 Å². The number of hydrogen-bond acceptors (Lipinski definition) is 2. The quantitative estimate of drug-likeness (QED) is 0.880. The molecule has 0 aliphatic carbocycles. The van der Waals surface area contributed by atoms with Gasteiger partial charge in [0.2, 0.25) is 0 Å². The summed E-state index contributed by atoms with van der Waals surface area (Å²) in [5.74, 6) is 0. The minimum Gasteiger partial charge on any atom is -0.323 e. The van der Waals surface area contributed by atoms with Crippen molar-refractivity contribution in [1.29, 1.82) is 0 Å². The van der Waals surface area contributed by atoms with Gasteiger partial charge in [-0.2, -0.15) is 13.2 Å². The van der Waals surface area contributed by atoms with Crippen LogP contribution in [0.2, 0.25) is 0 Å². The first kappa shape index (κ1) is 12.0. The Kier molecular flexibility index (Phi) is 3.60. The van der Waals surface area contributed by atoms with Gasteiger partial charge in [0, 0.05) is 10.9 Å². The molecule has 0 amide bonds. The van der Waals surface area contributed by atoms with Gasteiger partial charge in [0.1, 0.15) is 0 Å². The summed E-state index contributed by atoms with van der Waals surface area (Å²) in [7, 11) is 0. The van der Waals surface area contributed by atoms with E-state index >= 15 is 0 Å². The van der Waals surface area contributed by atoms with Gasteiger partial charge >= 0.3 is 6.18 Å². The molecule has 2 N–H and O–H groups in total. The average molecular weight is 288 g/mol. The summed E-state index contributed by atoms with van der Waals surface area (Å²) in [6.45, 7) is 1.82. The highest BCUT2D eigenvalue weighted by Crippen LogP contribution is 2.35. The molecule has 1 rings (SSSR count). The Labute approximate surface area is 92.2 Å². The van der Waals surface area contributed by atoms with Crippen molar-refractivity contribution < 1.29 is 13.2 Å². The van der Waals surface area contributed by atoms with Crippen LogP contribution in [0, 0.1) is 6.92 Å². The molecule has 0 bridgehead atoms. The van der Waals surface area contributed by atoms with Crippen molar-refractivity contribution in [2.45, 2.75) is 25.6 Å². The standard InChI is InChI=1S/C8H9BrF3NS/c1-4-2-6(14-7(4)9)5(13)3-8(10,11)12/h2,5H,3,13H2,1H3/t5-/m1/s1. The second-order valence-corrected chi connectivity index (χ2v) is 5.43. The molecule has 0 aliphatic heterocycles. The number of nitrogens with two attached hydrogens (primary N) is 1. The second kappa shape index (κ2) is 4.20. The van der Waals surface area contributed by atoms with Crippen LogP contribution < -0.4 is 5.73 Å². The van der Waals surface area contributed by atoms with Crippen molar-refractivity contribution in [3.05, 3.63) is 20.3 Å². The summed E-state index contributed by atoms with van der Waals surface area (Å²) < 4.78 is 36.9. The van der Waals surface area contributed by atoms with Gasteiger partial charge < -0.3 is 5.73 Å². The highest BCUT2D eigenvalue weighted by atomic mass is 79.9. The molecule has 0 aromatic carbocycles. The van der Waals surface area contributed by atoms with Crippen LogP contribution in [-0.4, -0.2) is 6.18 Å². The van der Waals surface area contributed by atoms with Gasteiger partial charge in [0.15, 0.2) is 0 Å². The largest absolute Gasteiger partial charge is 0.390 e. The van der Waals surface area contributed by atoms with Crippen LogP contribution in [0.4, 0.5) is 13.2 Å². The summed E-state index contributed by atoms with van der Waals surface area (Å²) in [5, 5.41) is 0. The highest BCUT2D eigenvalue weighted by Gasteiger charge is 2.31. The molecule has 80 valence electrons. The Balaban J connectivity index is 2.75. The number of hydrogen-bond donors (Lipinski definition) is 1. The van der Waals surface area contributed by atoms with E-state index in [2.05, 4.69) is 15.9 Å². The van der Waals surface area contributed by atoms with Gasteiger partial charge in [-0.1, -0.05) is 0 Å². The summed E-state index contributed by atoms with van der Waals surface area (Å²) >= 11 is 4.50. The van der Waals surface area contributed by atoms with Crippen LogP contribution in [0.3, 0.4) is 0 Å². The van der Waals surface area contributed by atoms with E-state index in [0.717, 1.165) is 9.35 Å². The van der Waals surface area contributed by atoms with Crippen LogP contribution in [0.25, 0.3) is 0 Å². The average Bonchev–Trinajstić information content (AvgIpc) is 2.28. The third-order valence-electron chi connectivity index (χ3n) is 1.69. The van der Waals surface area contributed by atoms with E-state index in [4.69, 9.17) is 5.73 Å². The molecule has 1 nitrogen and oxygen atoms in total. The fourth-order valence-corrected chi connectivity index (χ4v) is 2.59. The van der Waals surface area contributed by atoms with Gasteiger partial charge in [0.05, 0.1) is 10.2 Å². The Morgan fingerprint density at radius 2 is 2.14 bits per heavy atom. The van der Waals surface area contributed by atoms with E-state index < -0.39 is 18.6 Å². The zero-order valence-electron chi connectivity index (χ0n) is 7.36. The fraction of sp³-hybridized carbons (Fsp3) is 0.500. The molecule has 0 fully saturated rings. The number of halogens is 4. The molecule has 0 unspecified atom stereocenters. The molecule has 0 radical (unpaired) electrons. The minimum atomic E-state index is -4.20. The molecule has 6 heteroatoms. The number of alkyl halides is 3. The first-order chi connectivity index (χ1) is 6.29. The number of aryl methyl sites for hydroxylation is 1. The highest BCUT2D eigenvalue weighted by molar-refractivity contribution is 9.11. The first-order valence-electron chi connectivity index (χ1n) is 3.88. The number of rotatable bonds is 2. The molecule has 1 aromatic heterocycles. The summed E-state index contributed by atoms with van der Waals surface area (Å²) in [6, 6.07) is 0.732.